The van der Waals surface area contributed by atoms with Gasteiger partial charge in [-0.05, 0) is 24.3 Å². The summed E-state index contributed by atoms with van der Waals surface area (Å²) in [6.07, 6.45) is 0. The third-order valence-electron chi connectivity index (χ3n) is 3.99. The van der Waals surface area contributed by atoms with Gasteiger partial charge < -0.3 is 5.11 Å². The van der Waals surface area contributed by atoms with Crippen LogP contribution in [0.1, 0.15) is 10.4 Å². The Morgan fingerprint density at radius 3 is 2.32 bits per heavy atom. The molecule has 3 aromatic carbocycles. The fourth-order valence-corrected chi connectivity index (χ4v) is 3.66. The molecule has 7 nitrogen and oxygen atoms in total. The number of para-hydroxylation sites is 1. The molecule has 124 valence electrons. The lowest BCUT2D eigenvalue weighted by Crippen LogP contribution is -2.12. The van der Waals surface area contributed by atoms with Gasteiger partial charge in [0.25, 0.3) is 0 Å². The van der Waals surface area contributed by atoms with Crippen molar-refractivity contribution >= 4 is 48.8 Å². The number of nitrogens with zero attached hydrogens (tertiary/aromatic N) is 2. The summed E-state index contributed by atoms with van der Waals surface area (Å²) in [5.41, 5.74) is 1.69. The van der Waals surface area contributed by atoms with Crippen molar-refractivity contribution in [3.05, 3.63) is 54.1 Å². The second-order valence-corrected chi connectivity index (χ2v) is 7.06. The van der Waals surface area contributed by atoms with Crippen molar-refractivity contribution in [2.75, 3.05) is 0 Å². The van der Waals surface area contributed by atoms with E-state index in [-0.39, 0.29) is 16.0 Å². The summed E-state index contributed by atoms with van der Waals surface area (Å²) in [6, 6.07) is 12.7. The van der Waals surface area contributed by atoms with Crippen molar-refractivity contribution in [1.29, 1.82) is 0 Å². The summed E-state index contributed by atoms with van der Waals surface area (Å²) in [7, 11) is -3.90. The molecule has 0 unspecified atom stereocenters. The number of hydrogen-bond donors (Lipinski definition) is 2. The number of hydrogen-bond acceptors (Lipinski definition) is 5. The van der Waals surface area contributed by atoms with Crippen LogP contribution in [-0.2, 0) is 10.0 Å². The molecular weight excluding hydrogens is 342 g/mol. The highest BCUT2D eigenvalue weighted by molar-refractivity contribution is 7.89. The van der Waals surface area contributed by atoms with E-state index in [1.54, 1.807) is 36.4 Å². The predicted octanol–water partition coefficient (Wildman–Crippen LogP) is 2.28. The molecule has 3 N–H and O–H groups in total. The number of benzene rings is 3. The molecule has 4 rings (SSSR count). The zero-order valence-electron chi connectivity index (χ0n) is 12.7. The van der Waals surface area contributed by atoms with Crippen molar-refractivity contribution < 1.29 is 18.3 Å². The van der Waals surface area contributed by atoms with Gasteiger partial charge in [-0.15, -0.1) is 0 Å². The number of carbonyl (C=O) groups is 1. The highest BCUT2D eigenvalue weighted by atomic mass is 32.2. The average molecular weight is 353 g/mol. The summed E-state index contributed by atoms with van der Waals surface area (Å²) in [5, 5.41) is 15.6. The molecule has 0 aliphatic carbocycles. The largest absolute Gasteiger partial charge is 0.478 e. The minimum Gasteiger partial charge on any atom is -0.478 e. The molecule has 0 saturated carbocycles. The molecule has 4 aromatic rings. The van der Waals surface area contributed by atoms with E-state index in [0.717, 1.165) is 0 Å². The molecule has 0 aliphatic rings. The second-order valence-electron chi connectivity index (χ2n) is 5.53. The Bertz CT molecular complexity index is 1300. The Hall–Kier alpha value is -3.10. The lowest BCUT2D eigenvalue weighted by Gasteiger charge is -2.08. The third kappa shape index (κ3) is 2.39. The first-order chi connectivity index (χ1) is 11.9. The average Bonchev–Trinajstić information content (AvgIpc) is 2.57. The number of carboxylic acid groups (broad SMARTS) is 1. The lowest BCUT2D eigenvalue weighted by atomic mass is 10.1. The summed E-state index contributed by atoms with van der Waals surface area (Å²) >= 11 is 0. The molecule has 1 aromatic heterocycles. The molecule has 0 atom stereocenters. The molecular formula is C17H11N3O4S. The summed E-state index contributed by atoms with van der Waals surface area (Å²) in [4.78, 5) is 20.4. The Labute approximate surface area is 141 Å². The van der Waals surface area contributed by atoms with Crippen LogP contribution in [0.2, 0.25) is 0 Å². The van der Waals surface area contributed by atoms with E-state index >= 15 is 0 Å². The first-order valence-electron chi connectivity index (χ1n) is 7.24. The number of fused-ring (bicyclic) bond motifs is 4. The SMILES string of the molecule is NS(=O)(=O)c1cccc2c1ccc1nc3cccc(C(=O)O)c3nc12. The van der Waals surface area contributed by atoms with Gasteiger partial charge >= 0.3 is 5.97 Å². The van der Waals surface area contributed by atoms with E-state index in [9.17, 15) is 18.3 Å². The van der Waals surface area contributed by atoms with Crippen molar-refractivity contribution in [3.8, 4) is 0 Å². The van der Waals surface area contributed by atoms with Crippen LogP contribution in [0.15, 0.2) is 53.4 Å². The monoisotopic (exact) mass is 353 g/mol. The highest BCUT2D eigenvalue weighted by Gasteiger charge is 2.16. The van der Waals surface area contributed by atoms with Crippen LogP contribution in [-0.4, -0.2) is 29.5 Å². The van der Waals surface area contributed by atoms with E-state index < -0.39 is 16.0 Å². The van der Waals surface area contributed by atoms with Gasteiger partial charge in [-0.3, -0.25) is 0 Å². The molecule has 0 saturated heterocycles. The summed E-state index contributed by atoms with van der Waals surface area (Å²) in [6.45, 7) is 0. The van der Waals surface area contributed by atoms with Crippen LogP contribution in [0.3, 0.4) is 0 Å². The Morgan fingerprint density at radius 2 is 1.60 bits per heavy atom. The maximum atomic E-state index is 11.8. The number of sulfonamides is 1. The number of primary sulfonamides is 1. The Morgan fingerprint density at radius 1 is 0.880 bits per heavy atom. The van der Waals surface area contributed by atoms with Gasteiger partial charge in [-0.2, -0.15) is 0 Å². The van der Waals surface area contributed by atoms with Gasteiger partial charge in [0.05, 0.1) is 27.0 Å². The second kappa shape index (κ2) is 5.20. The highest BCUT2D eigenvalue weighted by Crippen LogP contribution is 2.29. The van der Waals surface area contributed by atoms with Crippen LogP contribution < -0.4 is 5.14 Å². The van der Waals surface area contributed by atoms with Crippen molar-refractivity contribution in [3.63, 3.8) is 0 Å². The predicted molar refractivity (Wildman–Crippen MR) is 92.9 cm³/mol. The summed E-state index contributed by atoms with van der Waals surface area (Å²) < 4.78 is 23.6. The van der Waals surface area contributed by atoms with Gasteiger partial charge in [-0.1, -0.05) is 24.3 Å². The first-order valence-corrected chi connectivity index (χ1v) is 8.79. The van der Waals surface area contributed by atoms with Crippen LogP contribution in [0.25, 0.3) is 32.8 Å². The van der Waals surface area contributed by atoms with E-state index in [4.69, 9.17) is 5.14 Å². The minimum atomic E-state index is -3.90. The molecule has 8 heteroatoms. The standard InChI is InChI=1S/C17H11N3O4S/c18-25(23,24)14-6-2-3-10-9(14)7-8-13-15(10)20-16-11(17(21)22)4-1-5-12(16)19-13/h1-8H,(H,21,22)(H2,18,23,24). The molecule has 0 spiro atoms. The van der Waals surface area contributed by atoms with Crippen LogP contribution in [0.5, 0.6) is 0 Å². The zero-order valence-corrected chi connectivity index (χ0v) is 13.5. The zero-order chi connectivity index (χ0) is 17.8. The van der Waals surface area contributed by atoms with Gasteiger partial charge in [0.15, 0.2) is 0 Å². The molecule has 0 aliphatic heterocycles. The van der Waals surface area contributed by atoms with Crippen LogP contribution >= 0.6 is 0 Å². The number of aromatic nitrogens is 2. The molecule has 0 amide bonds. The normalized spacial score (nSPS) is 12.0. The van der Waals surface area contributed by atoms with Gasteiger partial charge in [0, 0.05) is 10.8 Å². The quantitative estimate of drug-likeness (QED) is 0.421. The lowest BCUT2D eigenvalue weighted by molar-refractivity contribution is 0.0699. The number of nitrogens with two attached hydrogens (primary N) is 1. The van der Waals surface area contributed by atoms with Gasteiger partial charge in [0.2, 0.25) is 10.0 Å². The van der Waals surface area contributed by atoms with E-state index in [0.29, 0.717) is 27.3 Å². The van der Waals surface area contributed by atoms with E-state index in [1.165, 1.54) is 12.1 Å². The van der Waals surface area contributed by atoms with Crippen molar-refractivity contribution in [2.45, 2.75) is 4.90 Å². The van der Waals surface area contributed by atoms with Gasteiger partial charge in [-0.25, -0.2) is 28.3 Å². The molecule has 0 bridgehead atoms. The summed E-state index contributed by atoms with van der Waals surface area (Å²) in [5.74, 6) is -1.11. The van der Waals surface area contributed by atoms with Crippen LogP contribution in [0.4, 0.5) is 0 Å². The topological polar surface area (TPSA) is 123 Å². The number of aromatic carboxylic acids is 1. The molecule has 0 radical (unpaired) electrons. The van der Waals surface area contributed by atoms with E-state index in [1.807, 2.05) is 0 Å². The van der Waals surface area contributed by atoms with Crippen molar-refractivity contribution in [1.82, 2.24) is 9.97 Å². The van der Waals surface area contributed by atoms with Gasteiger partial charge in [0.1, 0.15) is 5.52 Å². The maximum Gasteiger partial charge on any atom is 0.337 e. The van der Waals surface area contributed by atoms with E-state index in [2.05, 4.69) is 9.97 Å². The Balaban J connectivity index is 2.21. The fraction of sp³-hybridized carbons (Fsp3) is 0. The molecule has 0 fully saturated rings. The smallest absolute Gasteiger partial charge is 0.337 e. The van der Waals surface area contributed by atoms with Crippen LogP contribution in [0, 0.1) is 0 Å². The maximum absolute atomic E-state index is 11.8. The molecule has 1 heterocycles. The fourth-order valence-electron chi connectivity index (χ4n) is 2.91. The number of carboxylic acids is 1. The Kier molecular flexibility index (Phi) is 3.21. The molecule has 25 heavy (non-hydrogen) atoms. The minimum absolute atomic E-state index is 0.0136. The number of rotatable bonds is 2. The van der Waals surface area contributed by atoms with Crippen molar-refractivity contribution in [2.24, 2.45) is 5.14 Å². The third-order valence-corrected chi connectivity index (χ3v) is 4.96. The first kappa shape index (κ1) is 15.4.